The first-order chi connectivity index (χ1) is 10.6. The van der Waals surface area contributed by atoms with E-state index in [1.807, 2.05) is 0 Å². The molecule has 3 N–H and O–H groups in total. The number of benzene rings is 2. The molecule has 0 heterocycles. The number of phenolic OH excluding ortho intramolecular Hbond substituents is 1. The Morgan fingerprint density at radius 1 is 1.18 bits per heavy atom. The second-order valence-corrected chi connectivity index (χ2v) is 4.29. The summed E-state index contributed by atoms with van der Waals surface area (Å²) in [6.07, 6.45) is 1.21. The summed E-state index contributed by atoms with van der Waals surface area (Å²) in [4.78, 5) is 12.0. The number of nitriles is 1. The molecule has 2 aromatic rings. The Balaban J connectivity index is 2.09. The van der Waals surface area contributed by atoms with Crippen LogP contribution in [0.3, 0.4) is 0 Å². The summed E-state index contributed by atoms with van der Waals surface area (Å²) in [6, 6.07) is 13.4. The van der Waals surface area contributed by atoms with Gasteiger partial charge in [-0.2, -0.15) is 5.26 Å². The summed E-state index contributed by atoms with van der Waals surface area (Å²) >= 11 is 0. The van der Waals surface area contributed by atoms with E-state index in [0.717, 1.165) is 0 Å². The van der Waals surface area contributed by atoms with Crippen molar-refractivity contribution in [2.75, 3.05) is 10.6 Å². The van der Waals surface area contributed by atoms with Gasteiger partial charge in [0.25, 0.3) is 5.91 Å². The predicted octanol–water partition coefficient (Wildman–Crippen LogP) is 2.99. The second kappa shape index (κ2) is 6.90. The molecule has 0 atom stereocenters. The molecule has 0 aromatic heterocycles. The fraction of sp³-hybridized carbons (Fsp3) is 0. The first kappa shape index (κ1) is 15.1. The summed E-state index contributed by atoms with van der Waals surface area (Å²) in [5, 5.41) is 23.8. The summed E-state index contributed by atoms with van der Waals surface area (Å²) < 4.78 is 12.8. The van der Waals surface area contributed by atoms with Crippen LogP contribution in [0.2, 0.25) is 0 Å². The van der Waals surface area contributed by atoms with E-state index in [-0.39, 0.29) is 22.8 Å². The lowest BCUT2D eigenvalue weighted by atomic mass is 10.2. The molecule has 6 heteroatoms. The Hall–Kier alpha value is -3.33. The Labute approximate surface area is 126 Å². The van der Waals surface area contributed by atoms with Crippen molar-refractivity contribution >= 4 is 17.3 Å². The van der Waals surface area contributed by atoms with Crippen LogP contribution in [0.5, 0.6) is 5.75 Å². The Morgan fingerprint density at radius 3 is 2.50 bits per heavy atom. The molecule has 0 aliphatic heterocycles. The van der Waals surface area contributed by atoms with Crippen LogP contribution in [0, 0.1) is 17.1 Å². The molecule has 1 amide bonds. The number of aromatic hydroxyl groups is 1. The maximum atomic E-state index is 12.8. The molecular formula is C16H12FN3O2. The quantitative estimate of drug-likeness (QED) is 0.460. The van der Waals surface area contributed by atoms with E-state index >= 15 is 0 Å². The van der Waals surface area contributed by atoms with Crippen molar-refractivity contribution in [3.05, 3.63) is 66.1 Å². The zero-order valence-electron chi connectivity index (χ0n) is 11.4. The third-order valence-electron chi connectivity index (χ3n) is 2.74. The molecule has 0 fully saturated rings. The van der Waals surface area contributed by atoms with Crippen LogP contribution in [0.15, 0.2) is 60.3 Å². The van der Waals surface area contributed by atoms with Gasteiger partial charge in [-0.25, -0.2) is 4.39 Å². The number of hydrogen-bond donors (Lipinski definition) is 3. The molecule has 0 aliphatic rings. The largest absolute Gasteiger partial charge is 0.506 e. The van der Waals surface area contributed by atoms with Gasteiger partial charge < -0.3 is 15.7 Å². The van der Waals surface area contributed by atoms with Gasteiger partial charge >= 0.3 is 0 Å². The normalized spacial score (nSPS) is 10.6. The number of nitrogens with one attached hydrogen (secondary N) is 2. The molecule has 22 heavy (non-hydrogen) atoms. The zero-order valence-corrected chi connectivity index (χ0v) is 11.4. The Bertz CT molecular complexity index is 749. The van der Waals surface area contributed by atoms with Crippen molar-refractivity contribution < 1.29 is 14.3 Å². The summed E-state index contributed by atoms with van der Waals surface area (Å²) in [7, 11) is 0. The van der Waals surface area contributed by atoms with Crippen molar-refractivity contribution in [2.45, 2.75) is 0 Å². The predicted molar refractivity (Wildman–Crippen MR) is 80.5 cm³/mol. The number of rotatable bonds is 4. The lowest BCUT2D eigenvalue weighted by Crippen LogP contribution is -2.14. The van der Waals surface area contributed by atoms with E-state index in [4.69, 9.17) is 5.26 Å². The maximum Gasteiger partial charge on any atom is 0.267 e. The SMILES string of the molecule is N#C/C(=C/Nc1ccc(F)cc1)C(=O)Nc1ccccc1O. The number of phenols is 1. The third kappa shape index (κ3) is 3.84. The standard InChI is InChI=1S/C16H12FN3O2/c17-12-5-7-13(8-6-12)19-10-11(9-18)16(22)20-14-3-1-2-4-15(14)21/h1-8,10,19,21H,(H,20,22)/b11-10-. The van der Waals surface area contributed by atoms with Crippen molar-refractivity contribution in [1.29, 1.82) is 5.26 Å². The molecule has 2 aromatic carbocycles. The molecule has 0 bridgehead atoms. The smallest absolute Gasteiger partial charge is 0.267 e. The number of anilines is 2. The van der Waals surface area contributed by atoms with Crippen molar-refractivity contribution in [3.8, 4) is 11.8 Å². The topological polar surface area (TPSA) is 85.2 Å². The number of para-hydroxylation sites is 2. The highest BCUT2D eigenvalue weighted by Crippen LogP contribution is 2.22. The Kier molecular flexibility index (Phi) is 4.73. The van der Waals surface area contributed by atoms with Crippen LogP contribution in [0.1, 0.15) is 0 Å². The first-order valence-electron chi connectivity index (χ1n) is 6.32. The van der Waals surface area contributed by atoms with Crippen LogP contribution in [0.25, 0.3) is 0 Å². The van der Waals surface area contributed by atoms with Crippen molar-refractivity contribution in [1.82, 2.24) is 0 Å². The summed E-state index contributed by atoms with van der Waals surface area (Å²) in [5.74, 6) is -1.15. The number of amides is 1. The highest BCUT2D eigenvalue weighted by Gasteiger charge is 2.11. The van der Waals surface area contributed by atoms with Gasteiger partial charge in [-0.05, 0) is 36.4 Å². The fourth-order valence-corrected chi connectivity index (χ4v) is 1.62. The number of carbonyl (C=O) groups excluding carboxylic acids is 1. The molecule has 0 saturated carbocycles. The lowest BCUT2D eigenvalue weighted by molar-refractivity contribution is -0.112. The van der Waals surface area contributed by atoms with Crippen molar-refractivity contribution in [3.63, 3.8) is 0 Å². The van der Waals surface area contributed by atoms with Crippen molar-refractivity contribution in [2.24, 2.45) is 0 Å². The highest BCUT2D eigenvalue weighted by atomic mass is 19.1. The number of carbonyl (C=O) groups is 1. The average Bonchev–Trinajstić information content (AvgIpc) is 2.52. The van der Waals surface area contributed by atoms with Gasteiger partial charge in [0.2, 0.25) is 0 Å². The average molecular weight is 297 g/mol. The van der Waals surface area contributed by atoms with Crippen LogP contribution in [-0.4, -0.2) is 11.0 Å². The van der Waals surface area contributed by atoms with E-state index < -0.39 is 5.91 Å². The van der Waals surface area contributed by atoms with Gasteiger partial charge in [-0.15, -0.1) is 0 Å². The van der Waals surface area contributed by atoms with Gasteiger partial charge in [0.15, 0.2) is 0 Å². The molecule has 0 spiro atoms. The number of halogens is 1. The van der Waals surface area contributed by atoms with E-state index in [0.29, 0.717) is 5.69 Å². The number of nitrogens with zero attached hydrogens (tertiary/aromatic N) is 1. The van der Waals surface area contributed by atoms with Crippen LogP contribution >= 0.6 is 0 Å². The van der Waals surface area contributed by atoms with Gasteiger partial charge in [0.1, 0.15) is 23.2 Å². The minimum Gasteiger partial charge on any atom is -0.506 e. The molecular weight excluding hydrogens is 285 g/mol. The summed E-state index contributed by atoms with van der Waals surface area (Å²) in [5.41, 5.74) is 0.549. The minimum absolute atomic E-state index is 0.0976. The molecule has 0 saturated heterocycles. The fourth-order valence-electron chi connectivity index (χ4n) is 1.62. The minimum atomic E-state index is -0.668. The van der Waals surface area contributed by atoms with Gasteiger partial charge in [0.05, 0.1) is 5.69 Å². The first-order valence-corrected chi connectivity index (χ1v) is 6.32. The molecule has 2 rings (SSSR count). The van der Waals surface area contributed by atoms with Gasteiger partial charge in [-0.1, -0.05) is 12.1 Å². The lowest BCUT2D eigenvalue weighted by Gasteiger charge is -2.06. The maximum absolute atomic E-state index is 12.8. The van der Waals surface area contributed by atoms with Gasteiger partial charge in [0, 0.05) is 11.9 Å². The van der Waals surface area contributed by atoms with E-state index in [1.165, 1.54) is 42.6 Å². The molecule has 0 aliphatic carbocycles. The Morgan fingerprint density at radius 2 is 1.86 bits per heavy atom. The van der Waals surface area contributed by atoms with Crippen LogP contribution in [0.4, 0.5) is 15.8 Å². The molecule has 0 unspecified atom stereocenters. The molecule has 110 valence electrons. The molecule has 5 nitrogen and oxygen atoms in total. The summed E-state index contributed by atoms with van der Waals surface area (Å²) in [6.45, 7) is 0. The molecule has 0 radical (unpaired) electrons. The zero-order chi connectivity index (χ0) is 15.9. The number of hydrogen-bond acceptors (Lipinski definition) is 4. The van der Waals surface area contributed by atoms with Crippen LogP contribution < -0.4 is 10.6 Å². The van der Waals surface area contributed by atoms with E-state index in [9.17, 15) is 14.3 Å². The van der Waals surface area contributed by atoms with E-state index in [2.05, 4.69) is 10.6 Å². The van der Waals surface area contributed by atoms with Crippen LogP contribution in [-0.2, 0) is 4.79 Å². The monoisotopic (exact) mass is 297 g/mol. The third-order valence-corrected chi connectivity index (χ3v) is 2.74. The second-order valence-electron chi connectivity index (χ2n) is 4.29. The highest BCUT2D eigenvalue weighted by molar-refractivity contribution is 6.07. The van der Waals surface area contributed by atoms with E-state index in [1.54, 1.807) is 18.2 Å². The van der Waals surface area contributed by atoms with Gasteiger partial charge in [-0.3, -0.25) is 4.79 Å².